The van der Waals surface area contributed by atoms with Gasteiger partial charge in [-0.15, -0.1) is 0 Å². The molecule has 0 aliphatic rings. The summed E-state index contributed by atoms with van der Waals surface area (Å²) in [7, 11) is 0. The number of amides is 1. The highest BCUT2D eigenvalue weighted by Gasteiger charge is 2.06. The lowest BCUT2D eigenvalue weighted by molar-refractivity contribution is 0.102. The minimum atomic E-state index is -0.285. The Bertz CT molecular complexity index is 629. The van der Waals surface area contributed by atoms with Crippen LogP contribution in [-0.2, 0) is 6.42 Å². The Morgan fingerprint density at radius 1 is 1.20 bits per heavy atom. The Morgan fingerprint density at radius 3 is 2.60 bits per heavy atom. The van der Waals surface area contributed by atoms with Crippen molar-refractivity contribution >= 4 is 11.6 Å². The maximum Gasteiger partial charge on any atom is 0.255 e. The number of aromatic amines is 1. The molecule has 0 saturated carbocycles. The van der Waals surface area contributed by atoms with Crippen LogP contribution in [0.4, 0.5) is 5.69 Å². The molecule has 0 bridgehead atoms. The fraction of sp³-hybridized carbons (Fsp3) is 0.250. The zero-order valence-corrected chi connectivity index (χ0v) is 11.5. The Morgan fingerprint density at radius 2 is 1.95 bits per heavy atom. The number of carbonyl (C=O) groups excluding carboxylic acids is 1. The Balaban J connectivity index is 2.02. The van der Waals surface area contributed by atoms with E-state index in [1.807, 2.05) is 24.3 Å². The molecule has 0 spiro atoms. The molecular weight excluding hydrogens is 252 g/mol. The van der Waals surface area contributed by atoms with Gasteiger partial charge in [-0.2, -0.15) is 0 Å². The second-order valence-electron chi connectivity index (χ2n) is 4.70. The zero-order valence-electron chi connectivity index (χ0n) is 11.5. The van der Waals surface area contributed by atoms with E-state index >= 15 is 0 Å². The maximum absolute atomic E-state index is 12.0. The molecule has 2 aromatic rings. The summed E-state index contributed by atoms with van der Waals surface area (Å²) in [5, 5.41) is 2.78. The maximum atomic E-state index is 12.0. The fourth-order valence-electron chi connectivity index (χ4n) is 1.92. The molecule has 20 heavy (non-hydrogen) atoms. The molecule has 4 heteroatoms. The van der Waals surface area contributed by atoms with Crippen molar-refractivity contribution in [2.75, 3.05) is 5.32 Å². The number of unbranched alkanes of at least 4 members (excludes halogenated alkanes) is 1. The van der Waals surface area contributed by atoms with Crippen LogP contribution >= 0.6 is 0 Å². The first-order valence-corrected chi connectivity index (χ1v) is 6.78. The molecule has 0 saturated heterocycles. The van der Waals surface area contributed by atoms with Gasteiger partial charge in [-0.25, -0.2) is 0 Å². The molecule has 2 N–H and O–H groups in total. The van der Waals surface area contributed by atoms with Crippen LogP contribution in [0.5, 0.6) is 0 Å². The average Bonchev–Trinajstić information content (AvgIpc) is 2.46. The van der Waals surface area contributed by atoms with E-state index in [2.05, 4.69) is 17.2 Å². The standard InChI is InChI=1S/C16H18N2O2/c1-2-3-4-12-5-7-14(8-6-12)18-16(20)13-9-10-17-15(19)11-13/h5-11H,2-4H2,1H3,(H,17,19)(H,18,20). The first-order valence-electron chi connectivity index (χ1n) is 6.78. The van der Waals surface area contributed by atoms with Gasteiger partial charge in [0.25, 0.3) is 5.91 Å². The van der Waals surface area contributed by atoms with Gasteiger partial charge < -0.3 is 10.3 Å². The number of H-pyrrole nitrogens is 1. The van der Waals surface area contributed by atoms with E-state index in [1.54, 1.807) is 6.07 Å². The molecule has 0 radical (unpaired) electrons. The molecule has 1 heterocycles. The first kappa shape index (κ1) is 14.1. The third kappa shape index (κ3) is 3.82. The van der Waals surface area contributed by atoms with E-state index in [9.17, 15) is 9.59 Å². The van der Waals surface area contributed by atoms with Crippen LogP contribution < -0.4 is 10.9 Å². The molecule has 1 amide bonds. The molecule has 0 atom stereocenters. The number of rotatable bonds is 5. The number of nitrogens with one attached hydrogen (secondary N) is 2. The summed E-state index contributed by atoms with van der Waals surface area (Å²) in [6.45, 7) is 2.16. The number of pyridine rings is 1. The summed E-state index contributed by atoms with van der Waals surface area (Å²) in [5.41, 5.74) is 2.06. The fourth-order valence-corrected chi connectivity index (χ4v) is 1.92. The third-order valence-electron chi connectivity index (χ3n) is 3.07. The quantitative estimate of drug-likeness (QED) is 0.877. The monoisotopic (exact) mass is 270 g/mol. The molecule has 104 valence electrons. The summed E-state index contributed by atoms with van der Waals surface area (Å²) in [4.78, 5) is 25.6. The molecule has 1 aromatic carbocycles. The number of aryl methyl sites for hydroxylation is 1. The summed E-state index contributed by atoms with van der Waals surface area (Å²) >= 11 is 0. The summed E-state index contributed by atoms with van der Waals surface area (Å²) in [6.07, 6.45) is 4.85. The van der Waals surface area contributed by atoms with E-state index < -0.39 is 0 Å². The number of carbonyl (C=O) groups is 1. The smallest absolute Gasteiger partial charge is 0.255 e. The lowest BCUT2D eigenvalue weighted by Crippen LogP contribution is -2.15. The van der Waals surface area contributed by atoms with Gasteiger partial charge in [-0.3, -0.25) is 9.59 Å². The van der Waals surface area contributed by atoms with E-state index in [1.165, 1.54) is 30.7 Å². The topological polar surface area (TPSA) is 62.0 Å². The minimum Gasteiger partial charge on any atom is -0.329 e. The zero-order chi connectivity index (χ0) is 14.4. The molecule has 1 aromatic heterocycles. The first-order chi connectivity index (χ1) is 9.69. The lowest BCUT2D eigenvalue weighted by Gasteiger charge is -2.06. The van der Waals surface area contributed by atoms with Crippen molar-refractivity contribution in [2.45, 2.75) is 26.2 Å². The van der Waals surface area contributed by atoms with Crippen LogP contribution in [0.2, 0.25) is 0 Å². The molecular formula is C16H18N2O2. The van der Waals surface area contributed by atoms with Crippen molar-refractivity contribution in [3.05, 3.63) is 64.1 Å². The second kappa shape index (κ2) is 6.70. The molecule has 0 unspecified atom stereocenters. The van der Waals surface area contributed by atoms with Gasteiger partial charge in [-0.1, -0.05) is 25.5 Å². The van der Waals surface area contributed by atoms with Gasteiger partial charge >= 0.3 is 0 Å². The summed E-state index contributed by atoms with van der Waals surface area (Å²) < 4.78 is 0. The summed E-state index contributed by atoms with van der Waals surface area (Å²) in [5.74, 6) is -0.280. The predicted molar refractivity (Wildman–Crippen MR) is 80.1 cm³/mol. The van der Waals surface area contributed by atoms with Crippen LogP contribution in [-0.4, -0.2) is 10.9 Å². The van der Waals surface area contributed by atoms with Crippen LogP contribution in [0.15, 0.2) is 47.4 Å². The van der Waals surface area contributed by atoms with Crippen molar-refractivity contribution < 1.29 is 4.79 Å². The molecule has 0 aliphatic carbocycles. The van der Waals surface area contributed by atoms with Gasteiger partial charge in [0.15, 0.2) is 0 Å². The highest BCUT2D eigenvalue weighted by molar-refractivity contribution is 6.04. The van der Waals surface area contributed by atoms with Crippen LogP contribution in [0.25, 0.3) is 0 Å². The van der Waals surface area contributed by atoms with Gasteiger partial charge in [0.1, 0.15) is 0 Å². The summed E-state index contributed by atoms with van der Waals surface area (Å²) in [6, 6.07) is 10.7. The van der Waals surface area contributed by atoms with Gasteiger partial charge in [-0.05, 0) is 36.6 Å². The number of hydrogen-bond acceptors (Lipinski definition) is 2. The van der Waals surface area contributed by atoms with Crippen molar-refractivity contribution in [1.82, 2.24) is 4.98 Å². The number of benzene rings is 1. The molecule has 2 rings (SSSR count). The SMILES string of the molecule is CCCCc1ccc(NC(=O)c2cc[nH]c(=O)c2)cc1. The van der Waals surface area contributed by atoms with Crippen molar-refractivity contribution in [3.63, 3.8) is 0 Å². The van der Waals surface area contributed by atoms with E-state index in [0.717, 1.165) is 12.1 Å². The largest absolute Gasteiger partial charge is 0.329 e. The number of aromatic nitrogens is 1. The predicted octanol–water partition coefficient (Wildman–Crippen LogP) is 2.97. The van der Waals surface area contributed by atoms with Crippen LogP contribution in [0, 0.1) is 0 Å². The van der Waals surface area contributed by atoms with E-state index in [4.69, 9.17) is 0 Å². The van der Waals surface area contributed by atoms with E-state index in [-0.39, 0.29) is 11.5 Å². The highest BCUT2D eigenvalue weighted by atomic mass is 16.2. The van der Waals surface area contributed by atoms with Crippen molar-refractivity contribution in [3.8, 4) is 0 Å². The Labute approximate surface area is 117 Å². The Hall–Kier alpha value is -2.36. The lowest BCUT2D eigenvalue weighted by atomic mass is 10.1. The highest BCUT2D eigenvalue weighted by Crippen LogP contribution is 2.12. The Kier molecular flexibility index (Phi) is 4.71. The average molecular weight is 270 g/mol. The van der Waals surface area contributed by atoms with Crippen LogP contribution in [0.3, 0.4) is 0 Å². The molecule has 0 aliphatic heterocycles. The number of hydrogen-bond donors (Lipinski definition) is 2. The van der Waals surface area contributed by atoms with Crippen molar-refractivity contribution in [2.24, 2.45) is 0 Å². The van der Waals surface area contributed by atoms with Gasteiger partial charge in [0.05, 0.1) is 0 Å². The third-order valence-corrected chi connectivity index (χ3v) is 3.07. The minimum absolute atomic E-state index is 0.280. The van der Waals surface area contributed by atoms with Crippen molar-refractivity contribution in [1.29, 1.82) is 0 Å². The van der Waals surface area contributed by atoms with E-state index in [0.29, 0.717) is 5.56 Å². The number of anilines is 1. The normalized spacial score (nSPS) is 10.2. The van der Waals surface area contributed by atoms with Gasteiger partial charge in [0, 0.05) is 23.5 Å². The van der Waals surface area contributed by atoms with Gasteiger partial charge in [0.2, 0.25) is 5.56 Å². The molecule has 0 fully saturated rings. The second-order valence-corrected chi connectivity index (χ2v) is 4.70. The van der Waals surface area contributed by atoms with Crippen LogP contribution in [0.1, 0.15) is 35.7 Å². The molecule has 4 nitrogen and oxygen atoms in total.